The maximum atomic E-state index is 13.1. The van der Waals surface area contributed by atoms with E-state index in [4.69, 9.17) is 15.0 Å². The second-order valence-electron chi connectivity index (χ2n) is 6.15. The first-order valence-corrected chi connectivity index (χ1v) is 6.51. The molecule has 19 heavy (non-hydrogen) atoms. The normalized spacial score (nSPS) is 22.6. The molecule has 3 nitrogen and oxygen atoms in total. The Bertz CT molecular complexity index is 474. The van der Waals surface area contributed by atoms with Gasteiger partial charge in [0.05, 0.1) is 17.1 Å². The van der Waals surface area contributed by atoms with Crippen LogP contribution < -0.4 is 5.73 Å². The molecule has 5 heteroatoms. The third-order valence-corrected chi connectivity index (χ3v) is 4.16. The average molecular weight is 265 g/mol. The van der Waals surface area contributed by atoms with Gasteiger partial charge in [-0.15, -0.1) is 0 Å². The van der Waals surface area contributed by atoms with Crippen LogP contribution in [0.15, 0.2) is 18.2 Å². The lowest BCUT2D eigenvalue weighted by molar-refractivity contribution is 0.00578. The molecule has 0 amide bonds. The Morgan fingerprint density at radius 3 is 2.16 bits per heavy atom. The number of halogens is 1. The average Bonchev–Trinajstić information content (AvgIpc) is 2.47. The molecule has 0 unspecified atom stereocenters. The number of nitrogens with two attached hydrogens (primary N) is 1. The lowest BCUT2D eigenvalue weighted by Crippen LogP contribution is -2.41. The van der Waals surface area contributed by atoms with Crippen molar-refractivity contribution in [3.63, 3.8) is 0 Å². The summed E-state index contributed by atoms with van der Waals surface area (Å²) in [6, 6.07) is 4.58. The van der Waals surface area contributed by atoms with Gasteiger partial charge >= 0.3 is 7.12 Å². The lowest BCUT2D eigenvalue weighted by Gasteiger charge is -2.32. The molecule has 1 aliphatic rings. The molecule has 104 valence electrons. The molecule has 1 heterocycles. The summed E-state index contributed by atoms with van der Waals surface area (Å²) >= 11 is 0. The van der Waals surface area contributed by atoms with Crippen molar-refractivity contribution in [1.82, 2.24) is 0 Å². The van der Waals surface area contributed by atoms with E-state index in [9.17, 15) is 4.39 Å². The second-order valence-corrected chi connectivity index (χ2v) is 6.15. The zero-order valence-corrected chi connectivity index (χ0v) is 12.2. The van der Waals surface area contributed by atoms with Gasteiger partial charge in [0.1, 0.15) is 5.82 Å². The number of benzene rings is 1. The molecular formula is C14H21BFNO2. The quantitative estimate of drug-likeness (QED) is 0.836. The number of aryl methyl sites for hydroxylation is 1. The molecular weight excluding hydrogens is 244 g/mol. The van der Waals surface area contributed by atoms with Gasteiger partial charge in [-0.2, -0.15) is 0 Å². The van der Waals surface area contributed by atoms with E-state index >= 15 is 0 Å². The first kappa shape index (κ1) is 14.5. The molecule has 0 radical (unpaired) electrons. The highest BCUT2D eigenvalue weighted by molar-refractivity contribution is 6.47. The predicted octanol–water partition coefficient (Wildman–Crippen LogP) is 2.77. The molecule has 2 rings (SSSR count). The number of hydrogen-bond donors (Lipinski definition) is 1. The van der Waals surface area contributed by atoms with Crippen LogP contribution in [0, 0.1) is 12.7 Å². The molecule has 0 aromatic heterocycles. The summed E-state index contributed by atoms with van der Waals surface area (Å²) < 4.78 is 25.0. The maximum absolute atomic E-state index is 13.1. The van der Waals surface area contributed by atoms with E-state index in [1.807, 2.05) is 34.6 Å². The standard InChI is InChI=1S/C14H21BFNO2/c1-9-8-10(16)6-7-11(9)12(17)15-18-13(2,3)14(4,5)19-15/h6-8,12H,17H2,1-5H3/t12-/m1/s1. The van der Waals surface area contributed by atoms with Crippen LogP contribution in [-0.4, -0.2) is 18.3 Å². The summed E-state index contributed by atoms with van der Waals surface area (Å²) in [5.41, 5.74) is 7.05. The monoisotopic (exact) mass is 265 g/mol. The van der Waals surface area contributed by atoms with Crippen molar-refractivity contribution in [2.45, 2.75) is 51.8 Å². The van der Waals surface area contributed by atoms with E-state index in [-0.39, 0.29) is 5.82 Å². The lowest BCUT2D eigenvalue weighted by atomic mass is 9.73. The minimum atomic E-state index is -0.519. The second kappa shape index (κ2) is 4.58. The summed E-state index contributed by atoms with van der Waals surface area (Å²) in [4.78, 5) is 0. The van der Waals surface area contributed by atoms with E-state index in [2.05, 4.69) is 0 Å². The van der Waals surface area contributed by atoms with E-state index in [0.29, 0.717) is 0 Å². The van der Waals surface area contributed by atoms with Crippen LogP contribution >= 0.6 is 0 Å². The van der Waals surface area contributed by atoms with Crippen LogP contribution in [0.4, 0.5) is 4.39 Å². The summed E-state index contributed by atoms with van der Waals surface area (Å²) in [7, 11) is -0.519. The van der Waals surface area contributed by atoms with Crippen molar-refractivity contribution in [2.75, 3.05) is 0 Å². The van der Waals surface area contributed by atoms with Gasteiger partial charge in [0.25, 0.3) is 0 Å². The molecule has 0 spiro atoms. The van der Waals surface area contributed by atoms with Gasteiger partial charge in [-0.1, -0.05) is 6.07 Å². The summed E-state index contributed by atoms with van der Waals surface area (Å²) in [5, 5.41) is 0. The molecule has 1 saturated heterocycles. The largest absolute Gasteiger partial charge is 0.480 e. The maximum Gasteiger partial charge on any atom is 0.480 e. The fourth-order valence-corrected chi connectivity index (χ4v) is 2.19. The fraction of sp³-hybridized carbons (Fsp3) is 0.571. The van der Waals surface area contributed by atoms with Gasteiger partial charge in [-0.05, 0) is 57.9 Å². The van der Waals surface area contributed by atoms with Crippen LogP contribution in [0.3, 0.4) is 0 Å². The molecule has 2 N–H and O–H groups in total. The molecule has 1 fully saturated rings. The number of rotatable bonds is 2. The van der Waals surface area contributed by atoms with Crippen molar-refractivity contribution >= 4 is 7.12 Å². The van der Waals surface area contributed by atoms with Crippen molar-refractivity contribution in [1.29, 1.82) is 0 Å². The molecule has 0 bridgehead atoms. The van der Waals surface area contributed by atoms with Crippen LogP contribution in [0.25, 0.3) is 0 Å². The summed E-state index contributed by atoms with van der Waals surface area (Å²) in [6.07, 6.45) is 0. The van der Waals surface area contributed by atoms with Crippen molar-refractivity contribution in [2.24, 2.45) is 5.73 Å². The Kier molecular flexibility index (Phi) is 3.50. The third-order valence-electron chi connectivity index (χ3n) is 4.16. The Balaban J connectivity index is 2.24. The van der Waals surface area contributed by atoms with Gasteiger partial charge in [0.15, 0.2) is 0 Å². The van der Waals surface area contributed by atoms with Crippen LogP contribution in [0.2, 0.25) is 0 Å². The Labute approximate surface area is 114 Å². The van der Waals surface area contributed by atoms with Crippen LogP contribution in [0.1, 0.15) is 44.8 Å². The topological polar surface area (TPSA) is 44.5 Å². The molecule has 1 aromatic carbocycles. The highest BCUT2D eigenvalue weighted by Crippen LogP contribution is 2.39. The van der Waals surface area contributed by atoms with E-state index in [0.717, 1.165) is 11.1 Å². The minimum absolute atomic E-state index is 0.262. The number of hydrogen-bond acceptors (Lipinski definition) is 3. The fourth-order valence-electron chi connectivity index (χ4n) is 2.19. The molecule has 0 aliphatic carbocycles. The first-order valence-electron chi connectivity index (χ1n) is 6.51. The summed E-state index contributed by atoms with van der Waals surface area (Å²) in [6.45, 7) is 9.77. The predicted molar refractivity (Wildman–Crippen MR) is 74.1 cm³/mol. The highest BCUT2D eigenvalue weighted by atomic mass is 19.1. The van der Waals surface area contributed by atoms with E-state index in [1.165, 1.54) is 12.1 Å². The Morgan fingerprint density at radius 2 is 1.68 bits per heavy atom. The van der Waals surface area contributed by atoms with Crippen molar-refractivity contribution in [3.8, 4) is 0 Å². The Morgan fingerprint density at radius 1 is 1.16 bits per heavy atom. The highest BCUT2D eigenvalue weighted by Gasteiger charge is 2.53. The zero-order valence-electron chi connectivity index (χ0n) is 12.2. The van der Waals surface area contributed by atoms with Crippen molar-refractivity contribution in [3.05, 3.63) is 35.1 Å². The molecule has 1 atom stereocenters. The minimum Gasteiger partial charge on any atom is -0.402 e. The van der Waals surface area contributed by atoms with E-state index in [1.54, 1.807) is 6.07 Å². The van der Waals surface area contributed by atoms with Gasteiger partial charge in [0.2, 0.25) is 0 Å². The Hall–Kier alpha value is -0.905. The van der Waals surface area contributed by atoms with Crippen molar-refractivity contribution < 1.29 is 13.7 Å². The van der Waals surface area contributed by atoms with Gasteiger partial charge in [-0.3, -0.25) is 0 Å². The SMILES string of the molecule is Cc1cc(F)ccc1[C@@H](N)B1OC(C)(C)C(C)(C)O1. The zero-order chi connectivity index (χ0) is 14.4. The molecule has 1 aromatic rings. The van der Waals surface area contributed by atoms with Crippen LogP contribution in [0.5, 0.6) is 0 Å². The molecule has 0 saturated carbocycles. The van der Waals surface area contributed by atoms with Gasteiger partial charge in [0, 0.05) is 0 Å². The van der Waals surface area contributed by atoms with Gasteiger partial charge in [-0.25, -0.2) is 4.39 Å². The van der Waals surface area contributed by atoms with Gasteiger partial charge < -0.3 is 15.0 Å². The van der Waals surface area contributed by atoms with Crippen LogP contribution in [-0.2, 0) is 9.31 Å². The first-order chi connectivity index (χ1) is 8.64. The third kappa shape index (κ3) is 2.55. The summed E-state index contributed by atoms with van der Waals surface area (Å²) in [5.74, 6) is -0.691. The molecule has 1 aliphatic heterocycles. The van der Waals surface area contributed by atoms with E-state index < -0.39 is 24.3 Å². The smallest absolute Gasteiger partial charge is 0.402 e.